The van der Waals surface area contributed by atoms with Crippen LogP contribution in [0, 0.1) is 11.8 Å². The van der Waals surface area contributed by atoms with Crippen LogP contribution in [-0.4, -0.2) is 18.3 Å². The fourth-order valence-corrected chi connectivity index (χ4v) is 3.40. The number of aliphatic hydroxyl groups is 1. The molecule has 0 bridgehead atoms. The molecule has 3 heteroatoms. The standard InChI is InChI=1S/C20H26N2O/c23-15-17-7-5-4-6-16(17)14-21-18-10-12-20(13-11-18)22-19-8-2-1-3-9-19/h1-3,8-13,16-17,21-23H,4-7,14-15H2. The molecule has 2 aromatic carbocycles. The minimum atomic E-state index is 0.326. The second-order valence-corrected chi connectivity index (χ2v) is 6.44. The van der Waals surface area contributed by atoms with Crippen LogP contribution in [-0.2, 0) is 0 Å². The quantitative estimate of drug-likeness (QED) is 0.728. The Kier molecular flexibility index (Phi) is 5.54. The molecule has 0 aromatic heterocycles. The zero-order valence-corrected chi connectivity index (χ0v) is 13.5. The van der Waals surface area contributed by atoms with Crippen molar-refractivity contribution in [3.8, 4) is 0 Å². The highest BCUT2D eigenvalue weighted by atomic mass is 16.3. The Morgan fingerprint density at radius 2 is 1.39 bits per heavy atom. The molecule has 3 N–H and O–H groups in total. The summed E-state index contributed by atoms with van der Waals surface area (Å²) in [6.07, 6.45) is 4.96. The van der Waals surface area contributed by atoms with Gasteiger partial charge in [-0.3, -0.25) is 0 Å². The van der Waals surface area contributed by atoms with Gasteiger partial charge in [-0.05, 0) is 61.1 Å². The van der Waals surface area contributed by atoms with E-state index in [1.54, 1.807) is 0 Å². The molecule has 0 radical (unpaired) electrons. The van der Waals surface area contributed by atoms with Crippen molar-refractivity contribution >= 4 is 17.1 Å². The van der Waals surface area contributed by atoms with E-state index in [4.69, 9.17) is 0 Å². The predicted molar refractivity (Wildman–Crippen MR) is 97.2 cm³/mol. The lowest BCUT2D eigenvalue weighted by atomic mass is 9.79. The highest BCUT2D eigenvalue weighted by Crippen LogP contribution is 2.30. The molecule has 3 nitrogen and oxygen atoms in total. The van der Waals surface area contributed by atoms with Gasteiger partial charge in [0.2, 0.25) is 0 Å². The Bertz CT molecular complexity index is 582. The Balaban J connectivity index is 1.53. The van der Waals surface area contributed by atoms with Gasteiger partial charge in [-0.15, -0.1) is 0 Å². The molecule has 2 unspecified atom stereocenters. The summed E-state index contributed by atoms with van der Waals surface area (Å²) >= 11 is 0. The maximum Gasteiger partial charge on any atom is 0.0462 e. The van der Waals surface area contributed by atoms with E-state index in [0.717, 1.165) is 23.6 Å². The summed E-state index contributed by atoms with van der Waals surface area (Å²) in [7, 11) is 0. The van der Waals surface area contributed by atoms with Gasteiger partial charge >= 0.3 is 0 Å². The van der Waals surface area contributed by atoms with Crippen LogP contribution in [0.2, 0.25) is 0 Å². The average Bonchev–Trinajstić information content (AvgIpc) is 2.62. The molecule has 1 aliphatic rings. The van der Waals surface area contributed by atoms with Gasteiger partial charge in [-0.1, -0.05) is 31.0 Å². The van der Waals surface area contributed by atoms with Crippen molar-refractivity contribution in [3.63, 3.8) is 0 Å². The SMILES string of the molecule is OCC1CCCCC1CNc1ccc(Nc2ccccc2)cc1. The van der Waals surface area contributed by atoms with Gasteiger partial charge in [-0.25, -0.2) is 0 Å². The van der Waals surface area contributed by atoms with E-state index >= 15 is 0 Å². The first-order valence-electron chi connectivity index (χ1n) is 8.62. The predicted octanol–water partition coefficient (Wildman–Crippen LogP) is 4.64. The van der Waals surface area contributed by atoms with Crippen LogP contribution in [0.15, 0.2) is 54.6 Å². The zero-order valence-electron chi connectivity index (χ0n) is 13.5. The highest BCUT2D eigenvalue weighted by molar-refractivity contribution is 5.62. The number of para-hydroxylation sites is 1. The molecular formula is C20H26N2O. The third-order valence-corrected chi connectivity index (χ3v) is 4.82. The first kappa shape index (κ1) is 15.9. The number of hydrogen-bond acceptors (Lipinski definition) is 3. The molecule has 0 amide bonds. The smallest absolute Gasteiger partial charge is 0.0462 e. The fourth-order valence-electron chi connectivity index (χ4n) is 3.40. The summed E-state index contributed by atoms with van der Waals surface area (Å²) in [6, 6.07) is 18.6. The van der Waals surface area contributed by atoms with Crippen molar-refractivity contribution in [2.45, 2.75) is 25.7 Å². The number of hydrogen-bond donors (Lipinski definition) is 3. The molecule has 0 aliphatic heterocycles. The minimum absolute atomic E-state index is 0.326. The number of nitrogens with one attached hydrogen (secondary N) is 2. The van der Waals surface area contributed by atoms with Gasteiger partial charge in [-0.2, -0.15) is 0 Å². The molecule has 0 saturated heterocycles. The van der Waals surface area contributed by atoms with Crippen LogP contribution in [0.3, 0.4) is 0 Å². The van der Waals surface area contributed by atoms with Gasteiger partial charge in [0.15, 0.2) is 0 Å². The molecule has 3 rings (SSSR count). The van der Waals surface area contributed by atoms with Crippen molar-refractivity contribution < 1.29 is 5.11 Å². The Hall–Kier alpha value is -2.00. The summed E-state index contributed by atoms with van der Waals surface area (Å²) in [5, 5.41) is 16.4. The van der Waals surface area contributed by atoms with E-state index in [1.165, 1.54) is 25.7 Å². The van der Waals surface area contributed by atoms with Crippen molar-refractivity contribution in [2.24, 2.45) is 11.8 Å². The van der Waals surface area contributed by atoms with Crippen LogP contribution < -0.4 is 10.6 Å². The molecule has 2 aromatic rings. The maximum atomic E-state index is 9.50. The number of aliphatic hydroxyl groups excluding tert-OH is 1. The molecule has 23 heavy (non-hydrogen) atoms. The van der Waals surface area contributed by atoms with E-state index in [2.05, 4.69) is 47.0 Å². The second-order valence-electron chi connectivity index (χ2n) is 6.44. The van der Waals surface area contributed by atoms with Crippen LogP contribution in [0.1, 0.15) is 25.7 Å². The summed E-state index contributed by atoms with van der Waals surface area (Å²) in [6.45, 7) is 1.28. The molecule has 122 valence electrons. The van der Waals surface area contributed by atoms with Crippen LogP contribution in [0.4, 0.5) is 17.1 Å². The molecule has 1 fully saturated rings. The Labute approximate surface area is 138 Å². The lowest BCUT2D eigenvalue weighted by Crippen LogP contribution is -2.28. The molecule has 2 atom stereocenters. The Morgan fingerprint density at radius 3 is 2.09 bits per heavy atom. The summed E-state index contributed by atoms with van der Waals surface area (Å²) in [4.78, 5) is 0. The third-order valence-electron chi connectivity index (χ3n) is 4.82. The fraction of sp³-hybridized carbons (Fsp3) is 0.400. The van der Waals surface area contributed by atoms with Crippen LogP contribution >= 0.6 is 0 Å². The van der Waals surface area contributed by atoms with Gasteiger partial charge in [0.25, 0.3) is 0 Å². The second kappa shape index (κ2) is 8.02. The van der Waals surface area contributed by atoms with E-state index in [-0.39, 0.29) is 0 Å². The minimum Gasteiger partial charge on any atom is -0.396 e. The van der Waals surface area contributed by atoms with Gasteiger partial charge in [0.1, 0.15) is 0 Å². The maximum absolute atomic E-state index is 9.50. The van der Waals surface area contributed by atoms with Gasteiger partial charge < -0.3 is 15.7 Å². The van der Waals surface area contributed by atoms with E-state index in [1.807, 2.05) is 18.2 Å². The van der Waals surface area contributed by atoms with Crippen molar-refractivity contribution in [1.29, 1.82) is 0 Å². The van der Waals surface area contributed by atoms with Crippen LogP contribution in [0.25, 0.3) is 0 Å². The van der Waals surface area contributed by atoms with Crippen LogP contribution in [0.5, 0.6) is 0 Å². The highest BCUT2D eigenvalue weighted by Gasteiger charge is 2.23. The number of benzene rings is 2. The first-order chi connectivity index (χ1) is 11.3. The normalized spacial score (nSPS) is 20.9. The van der Waals surface area contributed by atoms with Crippen molar-refractivity contribution in [2.75, 3.05) is 23.8 Å². The van der Waals surface area contributed by atoms with Gasteiger partial charge in [0.05, 0.1) is 0 Å². The third kappa shape index (κ3) is 4.49. The van der Waals surface area contributed by atoms with E-state index in [0.29, 0.717) is 18.4 Å². The molecule has 1 saturated carbocycles. The topological polar surface area (TPSA) is 44.3 Å². The summed E-state index contributed by atoms with van der Waals surface area (Å²) in [5.74, 6) is 1.06. The lowest BCUT2D eigenvalue weighted by Gasteiger charge is -2.30. The van der Waals surface area contributed by atoms with E-state index < -0.39 is 0 Å². The van der Waals surface area contributed by atoms with E-state index in [9.17, 15) is 5.11 Å². The average molecular weight is 310 g/mol. The summed E-state index contributed by atoms with van der Waals surface area (Å²) < 4.78 is 0. The number of anilines is 3. The zero-order chi connectivity index (χ0) is 15.9. The van der Waals surface area contributed by atoms with Gasteiger partial charge in [0, 0.05) is 30.2 Å². The monoisotopic (exact) mass is 310 g/mol. The lowest BCUT2D eigenvalue weighted by molar-refractivity contribution is 0.141. The van der Waals surface area contributed by atoms with Crippen molar-refractivity contribution in [3.05, 3.63) is 54.6 Å². The van der Waals surface area contributed by atoms with Crippen molar-refractivity contribution in [1.82, 2.24) is 0 Å². The molecule has 0 heterocycles. The first-order valence-corrected chi connectivity index (χ1v) is 8.62. The molecular weight excluding hydrogens is 284 g/mol. The largest absolute Gasteiger partial charge is 0.396 e. The Morgan fingerprint density at radius 1 is 0.783 bits per heavy atom. The summed E-state index contributed by atoms with van der Waals surface area (Å²) in [5.41, 5.74) is 3.33. The molecule has 1 aliphatic carbocycles. The number of rotatable bonds is 6. The molecule has 0 spiro atoms.